The lowest BCUT2D eigenvalue weighted by atomic mass is 10.0. The molecule has 2 amide bonds. The van der Waals surface area contributed by atoms with Crippen LogP contribution in [0.25, 0.3) is 11.3 Å². The highest BCUT2D eigenvalue weighted by Gasteiger charge is 2.31. The number of amides is 2. The minimum absolute atomic E-state index is 0.0119. The minimum Gasteiger partial charge on any atom is -0.488 e. The van der Waals surface area contributed by atoms with Crippen LogP contribution in [0.3, 0.4) is 0 Å². The van der Waals surface area contributed by atoms with Gasteiger partial charge in [0, 0.05) is 35.2 Å². The average molecular weight is 497 g/mol. The van der Waals surface area contributed by atoms with Gasteiger partial charge in [-0.05, 0) is 37.6 Å². The molecule has 7 nitrogen and oxygen atoms in total. The smallest absolute Gasteiger partial charge is 0.275 e. The van der Waals surface area contributed by atoms with Crippen LogP contribution in [0.15, 0.2) is 53.0 Å². The van der Waals surface area contributed by atoms with Gasteiger partial charge in [0.25, 0.3) is 5.91 Å². The summed E-state index contributed by atoms with van der Waals surface area (Å²) in [6.07, 6.45) is 0. The van der Waals surface area contributed by atoms with Crippen LogP contribution >= 0.6 is 15.9 Å². The predicted octanol–water partition coefficient (Wildman–Crippen LogP) is 3.91. The minimum atomic E-state index is -0.299. The SMILES string of the molecule is CC(C)NC(=O)CN(Cc1ccccc1)C(=O)c1nn(C)c2c1COc1ccc(Br)cc1-2. The van der Waals surface area contributed by atoms with E-state index in [0.29, 0.717) is 12.2 Å². The van der Waals surface area contributed by atoms with Crippen molar-refractivity contribution < 1.29 is 14.3 Å². The van der Waals surface area contributed by atoms with Gasteiger partial charge >= 0.3 is 0 Å². The Morgan fingerprint density at radius 3 is 2.69 bits per heavy atom. The van der Waals surface area contributed by atoms with E-state index in [-0.39, 0.29) is 31.0 Å². The number of nitrogens with zero attached hydrogens (tertiary/aromatic N) is 3. The summed E-state index contributed by atoms with van der Waals surface area (Å²) >= 11 is 3.50. The highest BCUT2D eigenvalue weighted by atomic mass is 79.9. The zero-order valence-corrected chi connectivity index (χ0v) is 19.8. The molecule has 0 unspecified atom stereocenters. The van der Waals surface area contributed by atoms with Gasteiger partial charge in [-0.1, -0.05) is 46.3 Å². The quantitative estimate of drug-likeness (QED) is 0.561. The first-order valence-corrected chi connectivity index (χ1v) is 11.2. The first-order chi connectivity index (χ1) is 15.3. The lowest BCUT2D eigenvalue weighted by Crippen LogP contribution is -2.42. The number of carbonyl (C=O) groups excluding carboxylic acids is 2. The summed E-state index contributed by atoms with van der Waals surface area (Å²) < 4.78 is 8.54. The van der Waals surface area contributed by atoms with Crippen molar-refractivity contribution in [1.29, 1.82) is 0 Å². The summed E-state index contributed by atoms with van der Waals surface area (Å²) in [7, 11) is 1.82. The molecule has 1 N–H and O–H groups in total. The average Bonchev–Trinajstić information content (AvgIpc) is 3.10. The van der Waals surface area contributed by atoms with Crippen LogP contribution in [0.2, 0.25) is 0 Å². The van der Waals surface area contributed by atoms with E-state index in [4.69, 9.17) is 4.74 Å². The Labute approximate surface area is 195 Å². The fourth-order valence-electron chi connectivity index (χ4n) is 3.87. The van der Waals surface area contributed by atoms with E-state index < -0.39 is 0 Å². The van der Waals surface area contributed by atoms with Gasteiger partial charge in [0.2, 0.25) is 5.91 Å². The summed E-state index contributed by atoms with van der Waals surface area (Å²) in [5.41, 5.74) is 3.70. The molecular weight excluding hydrogens is 472 g/mol. The zero-order valence-electron chi connectivity index (χ0n) is 18.3. The number of ether oxygens (including phenoxy) is 1. The predicted molar refractivity (Wildman–Crippen MR) is 125 cm³/mol. The topological polar surface area (TPSA) is 76.5 Å². The molecule has 0 saturated carbocycles. The van der Waals surface area contributed by atoms with Crippen molar-refractivity contribution in [3.8, 4) is 17.0 Å². The fraction of sp³-hybridized carbons (Fsp3) is 0.292. The third kappa shape index (κ3) is 4.55. The van der Waals surface area contributed by atoms with Crippen molar-refractivity contribution in [3.05, 3.63) is 69.8 Å². The van der Waals surface area contributed by atoms with Crippen molar-refractivity contribution in [2.24, 2.45) is 7.05 Å². The second-order valence-electron chi connectivity index (χ2n) is 8.10. The van der Waals surface area contributed by atoms with E-state index in [1.807, 2.05) is 69.4 Å². The molecule has 2 heterocycles. The number of hydrogen-bond acceptors (Lipinski definition) is 4. The normalized spacial score (nSPS) is 12.0. The van der Waals surface area contributed by atoms with E-state index in [2.05, 4.69) is 26.3 Å². The maximum Gasteiger partial charge on any atom is 0.275 e. The number of benzene rings is 2. The molecule has 32 heavy (non-hydrogen) atoms. The molecule has 0 fully saturated rings. The van der Waals surface area contributed by atoms with Gasteiger partial charge in [0.1, 0.15) is 18.9 Å². The van der Waals surface area contributed by atoms with E-state index >= 15 is 0 Å². The highest BCUT2D eigenvalue weighted by Crippen LogP contribution is 2.40. The number of hydrogen-bond donors (Lipinski definition) is 1. The first kappa shape index (κ1) is 22.1. The van der Waals surface area contributed by atoms with E-state index in [1.54, 1.807) is 4.68 Å². The Hall–Kier alpha value is -3.13. The third-order valence-corrected chi connectivity index (χ3v) is 5.70. The van der Waals surface area contributed by atoms with Crippen LogP contribution < -0.4 is 10.1 Å². The number of fused-ring (bicyclic) bond motifs is 3. The van der Waals surface area contributed by atoms with Crippen LogP contribution in [0.5, 0.6) is 5.75 Å². The van der Waals surface area contributed by atoms with Crippen molar-refractivity contribution in [3.63, 3.8) is 0 Å². The molecule has 8 heteroatoms. The number of carbonyl (C=O) groups is 2. The molecule has 0 spiro atoms. The van der Waals surface area contributed by atoms with Gasteiger partial charge in [-0.25, -0.2) is 0 Å². The molecule has 0 aliphatic carbocycles. The number of halogens is 1. The molecule has 1 aliphatic rings. The van der Waals surface area contributed by atoms with Gasteiger partial charge < -0.3 is 15.0 Å². The Morgan fingerprint density at radius 2 is 1.97 bits per heavy atom. The Kier molecular flexibility index (Phi) is 6.32. The number of aryl methyl sites for hydroxylation is 1. The van der Waals surface area contributed by atoms with Crippen LogP contribution in [-0.4, -0.2) is 39.1 Å². The molecule has 0 bridgehead atoms. The molecule has 3 aromatic rings. The second kappa shape index (κ2) is 9.16. The number of nitrogens with one attached hydrogen (secondary N) is 1. The van der Waals surface area contributed by atoms with Crippen molar-refractivity contribution in [2.45, 2.75) is 33.0 Å². The summed E-state index contributed by atoms with van der Waals surface area (Å²) in [5, 5.41) is 7.41. The van der Waals surface area contributed by atoms with E-state index in [0.717, 1.165) is 32.6 Å². The lowest BCUT2D eigenvalue weighted by molar-refractivity contribution is -0.122. The van der Waals surface area contributed by atoms with E-state index in [9.17, 15) is 9.59 Å². The van der Waals surface area contributed by atoms with Crippen LogP contribution in [0, 0.1) is 0 Å². The van der Waals surface area contributed by atoms with Gasteiger partial charge in [-0.3, -0.25) is 14.3 Å². The Bertz CT molecular complexity index is 1160. The molecule has 0 radical (unpaired) electrons. The first-order valence-electron chi connectivity index (χ1n) is 10.4. The van der Waals surface area contributed by atoms with Crippen molar-refractivity contribution >= 4 is 27.7 Å². The monoisotopic (exact) mass is 496 g/mol. The Balaban J connectivity index is 1.70. The second-order valence-corrected chi connectivity index (χ2v) is 9.01. The molecule has 0 atom stereocenters. The van der Waals surface area contributed by atoms with Gasteiger partial charge in [0.15, 0.2) is 5.69 Å². The standard InChI is InChI=1S/C24H25BrN4O3/c1-15(2)26-21(30)13-29(12-16-7-5-4-6-8-16)24(31)22-19-14-32-20-10-9-17(25)11-18(20)23(19)28(3)27-22/h4-11,15H,12-14H2,1-3H3,(H,26,30). The summed E-state index contributed by atoms with van der Waals surface area (Å²) in [6, 6.07) is 15.4. The van der Waals surface area contributed by atoms with Gasteiger partial charge in [-0.15, -0.1) is 0 Å². The summed E-state index contributed by atoms with van der Waals surface area (Å²) in [6.45, 7) is 4.28. The molecule has 1 aromatic heterocycles. The van der Waals surface area contributed by atoms with Crippen LogP contribution in [-0.2, 0) is 25.0 Å². The Morgan fingerprint density at radius 1 is 1.22 bits per heavy atom. The lowest BCUT2D eigenvalue weighted by Gasteiger charge is -2.23. The molecule has 166 valence electrons. The molecular formula is C24H25BrN4O3. The maximum absolute atomic E-state index is 13.6. The summed E-state index contributed by atoms with van der Waals surface area (Å²) in [5.74, 6) is 0.242. The molecule has 4 rings (SSSR count). The third-order valence-electron chi connectivity index (χ3n) is 5.20. The number of aromatic nitrogens is 2. The van der Waals surface area contributed by atoms with Crippen LogP contribution in [0.1, 0.15) is 35.5 Å². The van der Waals surface area contributed by atoms with Crippen molar-refractivity contribution in [2.75, 3.05) is 6.54 Å². The fourth-order valence-corrected chi connectivity index (χ4v) is 4.23. The molecule has 0 saturated heterocycles. The van der Waals surface area contributed by atoms with Gasteiger partial charge in [-0.2, -0.15) is 5.10 Å². The van der Waals surface area contributed by atoms with E-state index in [1.165, 1.54) is 4.90 Å². The number of rotatable bonds is 6. The van der Waals surface area contributed by atoms with Gasteiger partial charge in [0.05, 0.1) is 5.69 Å². The molecule has 2 aromatic carbocycles. The highest BCUT2D eigenvalue weighted by molar-refractivity contribution is 9.10. The maximum atomic E-state index is 13.6. The van der Waals surface area contributed by atoms with Crippen molar-refractivity contribution in [1.82, 2.24) is 20.0 Å². The zero-order chi connectivity index (χ0) is 22.8. The summed E-state index contributed by atoms with van der Waals surface area (Å²) in [4.78, 5) is 27.7. The molecule has 1 aliphatic heterocycles. The van der Waals surface area contributed by atoms with Crippen LogP contribution in [0.4, 0.5) is 0 Å². The largest absolute Gasteiger partial charge is 0.488 e.